The number of nitrogens with zero attached hydrogens (tertiary/aromatic N) is 2. The van der Waals surface area contributed by atoms with E-state index >= 15 is 0 Å². The molecular formula is C26H6Cl8N2O4. The fourth-order valence-corrected chi connectivity index (χ4v) is 6.72. The second-order valence-corrected chi connectivity index (χ2v) is 11.6. The molecule has 200 valence electrons. The Balaban J connectivity index is 1.55. The summed E-state index contributed by atoms with van der Waals surface area (Å²) in [7, 11) is 0. The van der Waals surface area contributed by atoms with E-state index in [1.165, 1.54) is 12.1 Å². The third kappa shape index (κ3) is 3.65. The van der Waals surface area contributed by atoms with Gasteiger partial charge in [0.25, 0.3) is 11.8 Å². The number of para-hydroxylation sites is 1. The Kier molecular flexibility index (Phi) is 6.73. The minimum Gasteiger partial charge on any atom is -0.506 e. The summed E-state index contributed by atoms with van der Waals surface area (Å²) in [4.78, 5) is 45.8. The van der Waals surface area contributed by atoms with Gasteiger partial charge in [0.05, 0.1) is 84.9 Å². The van der Waals surface area contributed by atoms with Crippen molar-refractivity contribution in [1.29, 1.82) is 0 Å². The molecule has 2 aliphatic rings. The normalized spacial score (nSPS) is 14.6. The van der Waals surface area contributed by atoms with E-state index in [0.717, 1.165) is 4.90 Å². The van der Waals surface area contributed by atoms with Crippen molar-refractivity contribution >= 4 is 138 Å². The lowest BCUT2D eigenvalue weighted by Crippen LogP contribution is -2.29. The Labute approximate surface area is 264 Å². The van der Waals surface area contributed by atoms with Crippen LogP contribution in [0.25, 0.3) is 22.2 Å². The van der Waals surface area contributed by atoms with Crippen molar-refractivity contribution in [3.63, 3.8) is 0 Å². The summed E-state index contributed by atoms with van der Waals surface area (Å²) >= 11 is 49.7. The molecule has 6 rings (SSSR count). The highest BCUT2D eigenvalue weighted by Gasteiger charge is 2.43. The molecule has 40 heavy (non-hydrogen) atoms. The first-order valence-corrected chi connectivity index (χ1v) is 13.9. The highest BCUT2D eigenvalue weighted by molar-refractivity contribution is 6.57. The van der Waals surface area contributed by atoms with Crippen LogP contribution in [0, 0.1) is 0 Å². The maximum absolute atomic E-state index is 13.5. The van der Waals surface area contributed by atoms with Crippen molar-refractivity contribution in [3.8, 4) is 0 Å². The molecule has 14 heteroatoms. The predicted molar refractivity (Wildman–Crippen MR) is 160 cm³/mol. The Morgan fingerprint density at radius 1 is 0.600 bits per heavy atom. The van der Waals surface area contributed by atoms with Gasteiger partial charge in [-0.25, -0.2) is 9.88 Å². The molecule has 1 N–H and O–H groups in total. The van der Waals surface area contributed by atoms with Crippen LogP contribution in [-0.2, 0) is 0 Å². The highest BCUT2D eigenvalue weighted by Crippen LogP contribution is 2.50. The Morgan fingerprint density at radius 3 is 1.65 bits per heavy atom. The number of allylic oxidation sites excluding steroid dienone is 1. The number of halogens is 8. The second-order valence-electron chi connectivity index (χ2n) is 8.56. The second kappa shape index (κ2) is 9.65. The number of carbonyl (C=O) groups is 3. The van der Waals surface area contributed by atoms with Crippen molar-refractivity contribution < 1.29 is 19.5 Å². The molecule has 0 spiro atoms. The summed E-state index contributed by atoms with van der Waals surface area (Å²) in [5.74, 6) is -2.83. The zero-order valence-corrected chi connectivity index (χ0v) is 25.0. The monoisotopic (exact) mass is 690 g/mol. The number of aromatic nitrogens is 1. The zero-order chi connectivity index (χ0) is 28.9. The van der Waals surface area contributed by atoms with Gasteiger partial charge in [-0.3, -0.25) is 14.4 Å². The number of Topliss-reactive ketones (excluding diaryl/α,β-unsaturated/α-hetero) is 1. The number of hydrogen-bond acceptors (Lipinski definition) is 5. The average molecular weight is 694 g/mol. The first-order chi connectivity index (χ1) is 18.9. The van der Waals surface area contributed by atoms with Crippen molar-refractivity contribution in [3.05, 3.63) is 98.5 Å². The summed E-state index contributed by atoms with van der Waals surface area (Å²) in [6.07, 6.45) is 0. The van der Waals surface area contributed by atoms with Gasteiger partial charge in [0.2, 0.25) is 5.78 Å². The molecule has 0 bridgehead atoms. The molecule has 6 nitrogen and oxygen atoms in total. The van der Waals surface area contributed by atoms with Gasteiger partial charge in [0.15, 0.2) is 0 Å². The molecule has 3 aromatic carbocycles. The van der Waals surface area contributed by atoms with Crippen LogP contribution in [0.3, 0.4) is 0 Å². The van der Waals surface area contributed by atoms with E-state index in [0.29, 0.717) is 5.39 Å². The molecule has 1 aromatic heterocycles. The highest BCUT2D eigenvalue weighted by atomic mass is 35.5. The van der Waals surface area contributed by atoms with Crippen molar-refractivity contribution in [1.82, 2.24) is 4.98 Å². The topological polar surface area (TPSA) is 87.6 Å². The summed E-state index contributed by atoms with van der Waals surface area (Å²) in [5.41, 5.74) is -0.695. The van der Waals surface area contributed by atoms with Crippen LogP contribution < -0.4 is 4.90 Å². The molecule has 2 amide bonds. The minimum absolute atomic E-state index is 0.00297. The van der Waals surface area contributed by atoms with E-state index in [4.69, 9.17) is 92.8 Å². The van der Waals surface area contributed by atoms with Crippen LogP contribution >= 0.6 is 92.8 Å². The lowest BCUT2D eigenvalue weighted by atomic mass is 10.0. The molecule has 1 aliphatic carbocycles. The van der Waals surface area contributed by atoms with E-state index in [-0.39, 0.29) is 84.9 Å². The number of hydrogen-bond donors (Lipinski definition) is 1. The van der Waals surface area contributed by atoms with Gasteiger partial charge < -0.3 is 5.11 Å². The molecule has 0 radical (unpaired) electrons. The number of pyridine rings is 1. The molecule has 0 saturated carbocycles. The van der Waals surface area contributed by atoms with Crippen LogP contribution in [0.4, 0.5) is 5.69 Å². The van der Waals surface area contributed by atoms with Gasteiger partial charge in [-0.1, -0.05) is 111 Å². The Hall–Kier alpha value is -2.26. The van der Waals surface area contributed by atoms with E-state index in [2.05, 4.69) is 4.98 Å². The van der Waals surface area contributed by atoms with Crippen molar-refractivity contribution in [2.24, 2.45) is 0 Å². The SMILES string of the molecule is O=C1C(c2ccc3cccc(N4C(=O)c5c(Cl)c(Cl)c(Cl)c(Cl)c5C4=O)c3n2)=C(O)c2c(Cl)c(Cl)c(Cl)c(Cl)c21. The lowest BCUT2D eigenvalue weighted by molar-refractivity contribution is 0.0925. The third-order valence-corrected chi connectivity index (χ3v) is 10.1. The summed E-state index contributed by atoms with van der Waals surface area (Å²) < 4.78 is 0. The molecule has 4 aromatic rings. The number of fused-ring (bicyclic) bond motifs is 3. The quantitative estimate of drug-likeness (QED) is 0.128. The number of aliphatic hydroxyl groups is 1. The van der Waals surface area contributed by atoms with Crippen molar-refractivity contribution in [2.45, 2.75) is 0 Å². The average Bonchev–Trinajstić information content (AvgIpc) is 3.35. The van der Waals surface area contributed by atoms with E-state index in [1.54, 1.807) is 18.2 Å². The van der Waals surface area contributed by atoms with Crippen LogP contribution in [0.2, 0.25) is 40.2 Å². The van der Waals surface area contributed by atoms with Crippen LogP contribution in [0.1, 0.15) is 42.3 Å². The molecule has 0 fully saturated rings. The molecule has 0 saturated heterocycles. The summed E-state index contributed by atoms with van der Waals surface area (Å²) in [5, 5.41) is 10.1. The number of anilines is 1. The smallest absolute Gasteiger partial charge is 0.267 e. The first-order valence-electron chi connectivity index (χ1n) is 10.9. The van der Waals surface area contributed by atoms with Crippen LogP contribution in [-0.4, -0.2) is 27.7 Å². The van der Waals surface area contributed by atoms with Gasteiger partial charge in [-0.2, -0.15) is 0 Å². The van der Waals surface area contributed by atoms with Gasteiger partial charge in [0, 0.05) is 5.39 Å². The molecule has 0 atom stereocenters. The Morgan fingerprint density at radius 2 is 1.10 bits per heavy atom. The number of benzene rings is 3. The van der Waals surface area contributed by atoms with Crippen LogP contribution in [0.15, 0.2) is 30.3 Å². The fourth-order valence-electron chi connectivity index (χ4n) is 4.68. The molecule has 0 unspecified atom stereocenters. The summed E-state index contributed by atoms with van der Waals surface area (Å²) in [6.45, 7) is 0. The van der Waals surface area contributed by atoms with Crippen LogP contribution in [0.5, 0.6) is 0 Å². The van der Waals surface area contributed by atoms with Gasteiger partial charge in [-0.05, 0) is 12.1 Å². The number of rotatable bonds is 2. The number of ketones is 1. The number of aliphatic hydroxyl groups excluding tert-OH is 1. The van der Waals surface area contributed by atoms with Crippen molar-refractivity contribution in [2.75, 3.05) is 4.90 Å². The zero-order valence-electron chi connectivity index (χ0n) is 19.0. The number of amides is 2. The molecule has 2 heterocycles. The fraction of sp³-hybridized carbons (Fsp3) is 0. The summed E-state index contributed by atoms with van der Waals surface area (Å²) in [6, 6.07) is 7.81. The van der Waals surface area contributed by atoms with Gasteiger partial charge in [0.1, 0.15) is 5.76 Å². The third-order valence-electron chi connectivity index (χ3n) is 6.49. The lowest BCUT2D eigenvalue weighted by Gasteiger charge is -2.16. The molecular weight excluding hydrogens is 688 g/mol. The number of carbonyl (C=O) groups excluding carboxylic acids is 3. The van der Waals surface area contributed by atoms with E-state index < -0.39 is 23.4 Å². The van der Waals surface area contributed by atoms with E-state index in [1.807, 2.05) is 0 Å². The number of imide groups is 1. The maximum atomic E-state index is 13.5. The minimum atomic E-state index is -0.806. The largest absolute Gasteiger partial charge is 0.506 e. The maximum Gasteiger partial charge on any atom is 0.267 e. The van der Waals surface area contributed by atoms with Gasteiger partial charge in [-0.15, -0.1) is 0 Å². The Bertz CT molecular complexity index is 1920. The standard InChI is InChI=1S/C26H6Cl8N2O4/c27-14-10-11(15(28)19(32)18(14)31)24(38)9(23(10)37)7-5-4-6-2-1-3-8(22(6)35-7)36-25(39)12-13(26(36)40)17(30)21(34)20(33)16(12)29/h1-5,37H. The first kappa shape index (κ1) is 27.9. The van der Waals surface area contributed by atoms with Gasteiger partial charge >= 0.3 is 0 Å². The predicted octanol–water partition coefficient (Wildman–Crippen LogP) is 9.89. The molecule has 1 aliphatic heterocycles. The van der Waals surface area contributed by atoms with E-state index in [9.17, 15) is 19.5 Å².